The summed E-state index contributed by atoms with van der Waals surface area (Å²) in [6, 6.07) is 1.68. The number of carbonyl (C=O) groups excluding carboxylic acids is 1. The van der Waals surface area contributed by atoms with E-state index in [1.165, 1.54) is 22.3 Å². The first kappa shape index (κ1) is 18.7. The molecule has 0 aromatic heterocycles. The summed E-state index contributed by atoms with van der Waals surface area (Å²) in [5, 5.41) is 2.91. The molecule has 4 rings (SSSR count). The Morgan fingerprint density at radius 2 is 1.78 bits per heavy atom. The average molecular weight is 392 g/mol. The molecule has 1 heterocycles. The summed E-state index contributed by atoms with van der Waals surface area (Å²) in [6.45, 7) is 3.82. The highest BCUT2D eigenvalue weighted by molar-refractivity contribution is 7.90. The molecule has 7 heteroatoms. The Kier molecular flexibility index (Phi) is 5.16. The van der Waals surface area contributed by atoms with Gasteiger partial charge in [-0.25, -0.2) is 17.9 Å². The number of nitrogens with zero attached hydrogens (tertiary/aromatic N) is 1. The van der Waals surface area contributed by atoms with Gasteiger partial charge in [0, 0.05) is 11.7 Å². The van der Waals surface area contributed by atoms with Gasteiger partial charge in [-0.3, -0.25) is 4.90 Å². The molecular weight excluding hydrogens is 362 g/mol. The summed E-state index contributed by atoms with van der Waals surface area (Å²) in [5.74, 6) is -0.0146. The molecule has 148 valence electrons. The molecule has 2 aliphatic carbocycles. The lowest BCUT2D eigenvalue weighted by atomic mass is 9.99. The monoisotopic (exact) mass is 391 g/mol. The topological polar surface area (TPSA) is 78.5 Å². The van der Waals surface area contributed by atoms with Gasteiger partial charge in [-0.2, -0.15) is 0 Å². The van der Waals surface area contributed by atoms with E-state index in [2.05, 4.69) is 21.0 Å². The third kappa shape index (κ3) is 3.85. The van der Waals surface area contributed by atoms with E-state index in [0.29, 0.717) is 0 Å². The van der Waals surface area contributed by atoms with Crippen LogP contribution in [-0.2, 0) is 35.7 Å². The van der Waals surface area contributed by atoms with Gasteiger partial charge < -0.3 is 5.32 Å². The highest BCUT2D eigenvalue weighted by Crippen LogP contribution is 2.38. The summed E-state index contributed by atoms with van der Waals surface area (Å²) in [7, 11) is -3.66. The third-order valence-corrected chi connectivity index (χ3v) is 7.60. The van der Waals surface area contributed by atoms with Crippen LogP contribution in [0, 0.1) is 0 Å². The number of nitrogens with one attached hydrogen (secondary N) is 2. The van der Waals surface area contributed by atoms with Gasteiger partial charge in [-0.1, -0.05) is 13.0 Å². The van der Waals surface area contributed by atoms with Gasteiger partial charge >= 0.3 is 6.03 Å². The van der Waals surface area contributed by atoms with Crippen LogP contribution in [0.2, 0.25) is 0 Å². The maximum Gasteiger partial charge on any atom is 0.332 e. The number of aryl methyl sites for hydroxylation is 2. The Morgan fingerprint density at radius 3 is 2.41 bits per heavy atom. The van der Waals surface area contributed by atoms with E-state index in [-0.39, 0.29) is 11.8 Å². The minimum absolute atomic E-state index is 0.00511. The fourth-order valence-corrected chi connectivity index (χ4v) is 6.34. The molecule has 0 bridgehead atoms. The van der Waals surface area contributed by atoms with E-state index in [9.17, 15) is 13.2 Å². The van der Waals surface area contributed by atoms with E-state index in [1.807, 2.05) is 6.92 Å². The van der Waals surface area contributed by atoms with Gasteiger partial charge in [-0.15, -0.1) is 0 Å². The zero-order valence-electron chi connectivity index (χ0n) is 16.0. The van der Waals surface area contributed by atoms with Crippen molar-refractivity contribution >= 4 is 21.7 Å². The van der Waals surface area contributed by atoms with Crippen LogP contribution < -0.4 is 10.0 Å². The molecule has 0 spiro atoms. The fourth-order valence-electron chi connectivity index (χ4n) is 5.04. The predicted octanol–water partition coefficient (Wildman–Crippen LogP) is 2.60. The third-order valence-electron chi connectivity index (χ3n) is 6.28. The Bertz CT molecular complexity index is 818. The second-order valence-corrected chi connectivity index (χ2v) is 9.76. The maximum atomic E-state index is 12.5. The van der Waals surface area contributed by atoms with Gasteiger partial charge in [0.1, 0.15) is 0 Å². The van der Waals surface area contributed by atoms with Crippen LogP contribution in [0.15, 0.2) is 6.07 Å². The molecule has 2 N–H and O–H groups in total. The number of fused-ring (bicyclic) bond motifs is 2. The minimum atomic E-state index is -3.66. The predicted molar refractivity (Wildman–Crippen MR) is 107 cm³/mol. The summed E-state index contributed by atoms with van der Waals surface area (Å²) < 4.78 is 27.3. The molecule has 6 nitrogen and oxygen atoms in total. The standard InChI is InChI=1S/C20H29N3O3S/c1-2-23-11-5-8-16(23)13-27(25,26)22-20(24)21-19-17-9-3-6-14(17)12-15-7-4-10-18(15)19/h12,16H,2-11,13H2,1H3,(H2,21,22,24). The van der Waals surface area contributed by atoms with Crippen molar-refractivity contribution in [3.05, 3.63) is 28.3 Å². The van der Waals surface area contributed by atoms with Crippen molar-refractivity contribution < 1.29 is 13.2 Å². The first-order valence-electron chi connectivity index (χ1n) is 10.2. The van der Waals surface area contributed by atoms with E-state index in [4.69, 9.17) is 0 Å². The summed E-state index contributed by atoms with van der Waals surface area (Å²) >= 11 is 0. The van der Waals surface area contributed by atoms with Crippen LogP contribution >= 0.6 is 0 Å². The van der Waals surface area contributed by atoms with Crippen molar-refractivity contribution in [1.82, 2.24) is 9.62 Å². The summed E-state index contributed by atoms with van der Waals surface area (Å²) in [6.07, 6.45) is 8.09. The molecule has 1 fully saturated rings. The lowest BCUT2D eigenvalue weighted by Gasteiger charge is -2.22. The second kappa shape index (κ2) is 7.43. The van der Waals surface area contributed by atoms with Gasteiger partial charge in [0.2, 0.25) is 10.0 Å². The first-order chi connectivity index (χ1) is 13.0. The molecule has 0 radical (unpaired) electrons. The Labute approximate surface area is 161 Å². The molecule has 1 aromatic carbocycles. The van der Waals surface area contributed by atoms with Crippen LogP contribution in [0.3, 0.4) is 0 Å². The number of hydrogen-bond acceptors (Lipinski definition) is 4. The van der Waals surface area contributed by atoms with Gasteiger partial charge in [0.25, 0.3) is 0 Å². The Hall–Kier alpha value is -1.60. The number of hydrogen-bond donors (Lipinski definition) is 2. The number of likely N-dealkylation sites (tertiary alicyclic amines) is 1. The fraction of sp³-hybridized carbons (Fsp3) is 0.650. The van der Waals surface area contributed by atoms with E-state index >= 15 is 0 Å². The van der Waals surface area contributed by atoms with Crippen LogP contribution in [0.25, 0.3) is 0 Å². The smallest absolute Gasteiger partial charge is 0.307 e. The van der Waals surface area contributed by atoms with Gasteiger partial charge in [-0.05, 0) is 86.7 Å². The minimum Gasteiger partial charge on any atom is -0.307 e. The Morgan fingerprint density at radius 1 is 1.11 bits per heavy atom. The molecular formula is C20H29N3O3S. The number of urea groups is 1. The number of amides is 2. The molecule has 3 aliphatic rings. The van der Waals surface area contributed by atoms with Crippen molar-refractivity contribution in [1.29, 1.82) is 0 Å². The maximum absolute atomic E-state index is 12.5. The lowest BCUT2D eigenvalue weighted by Crippen LogP contribution is -2.42. The zero-order chi connectivity index (χ0) is 19.0. The van der Waals surface area contributed by atoms with Crippen LogP contribution in [-0.4, -0.2) is 44.2 Å². The van der Waals surface area contributed by atoms with Crippen LogP contribution in [0.5, 0.6) is 0 Å². The van der Waals surface area contributed by atoms with E-state index in [0.717, 1.165) is 70.1 Å². The number of sulfonamides is 1. The van der Waals surface area contributed by atoms with Crippen molar-refractivity contribution in [3.63, 3.8) is 0 Å². The van der Waals surface area contributed by atoms with E-state index in [1.54, 1.807) is 0 Å². The normalized spacial score (nSPS) is 21.9. The molecule has 2 amide bonds. The van der Waals surface area contributed by atoms with Crippen molar-refractivity contribution in [2.75, 3.05) is 24.2 Å². The number of rotatable bonds is 5. The molecule has 1 atom stereocenters. The number of benzene rings is 1. The highest BCUT2D eigenvalue weighted by atomic mass is 32.2. The largest absolute Gasteiger partial charge is 0.332 e. The van der Waals surface area contributed by atoms with Crippen molar-refractivity contribution in [3.8, 4) is 0 Å². The molecule has 1 aliphatic heterocycles. The molecule has 1 saturated heterocycles. The number of anilines is 1. The molecule has 27 heavy (non-hydrogen) atoms. The van der Waals surface area contributed by atoms with Crippen molar-refractivity contribution in [2.45, 2.75) is 64.3 Å². The van der Waals surface area contributed by atoms with E-state index < -0.39 is 16.1 Å². The van der Waals surface area contributed by atoms with Gasteiger partial charge in [0.15, 0.2) is 0 Å². The zero-order valence-corrected chi connectivity index (χ0v) is 16.8. The van der Waals surface area contributed by atoms with Crippen LogP contribution in [0.1, 0.15) is 54.9 Å². The SMILES string of the molecule is CCN1CCCC1CS(=O)(=O)NC(=O)Nc1c2c(cc3c1CCC3)CCC2. The summed E-state index contributed by atoms with van der Waals surface area (Å²) in [4.78, 5) is 14.7. The van der Waals surface area contributed by atoms with Gasteiger partial charge in [0.05, 0.1) is 5.75 Å². The van der Waals surface area contributed by atoms with Crippen molar-refractivity contribution in [2.24, 2.45) is 0 Å². The van der Waals surface area contributed by atoms with Crippen LogP contribution in [0.4, 0.5) is 10.5 Å². The second-order valence-electron chi connectivity index (χ2n) is 8.00. The number of carbonyl (C=O) groups is 1. The average Bonchev–Trinajstić information content (AvgIpc) is 3.33. The highest BCUT2D eigenvalue weighted by Gasteiger charge is 2.30. The lowest BCUT2D eigenvalue weighted by molar-refractivity contribution is 0.256. The summed E-state index contributed by atoms with van der Waals surface area (Å²) in [5.41, 5.74) is 5.92. The quantitative estimate of drug-likeness (QED) is 0.809. The first-order valence-corrected chi connectivity index (χ1v) is 11.8. The Balaban J connectivity index is 1.47. The molecule has 1 aromatic rings. The molecule has 0 saturated carbocycles. The molecule has 1 unspecified atom stereocenters.